The van der Waals surface area contributed by atoms with Crippen LogP contribution < -0.4 is 10.9 Å². The van der Waals surface area contributed by atoms with Crippen molar-refractivity contribution in [3.05, 3.63) is 39.4 Å². The standard InChI is InChI=1S/C20H26ClN3O4/c1-11(22-19(27)28-20(2,3)4)17-23-15-7-5-6-14(21)16(15)18(26)24(17)13-8-12(9-13)10-25/h5-7,11-13,25H,8-10H2,1-4H3,(H,22,27)/t11-,12?,13?/m0/s1. The number of aliphatic hydroxyl groups excluding tert-OH is 1. The van der Waals surface area contributed by atoms with Crippen LogP contribution >= 0.6 is 11.6 Å². The van der Waals surface area contributed by atoms with Crippen LogP contribution in [0.1, 0.15) is 58.4 Å². The lowest BCUT2D eigenvalue weighted by Crippen LogP contribution is -2.41. The van der Waals surface area contributed by atoms with Crippen molar-refractivity contribution in [2.24, 2.45) is 5.92 Å². The number of amides is 1. The highest BCUT2D eigenvalue weighted by molar-refractivity contribution is 6.35. The maximum atomic E-state index is 13.3. The van der Waals surface area contributed by atoms with Gasteiger partial charge in [-0.15, -0.1) is 0 Å². The Labute approximate surface area is 168 Å². The molecule has 1 fully saturated rings. The number of benzene rings is 1. The highest BCUT2D eigenvalue weighted by Crippen LogP contribution is 2.38. The molecule has 2 aromatic rings. The lowest BCUT2D eigenvalue weighted by molar-refractivity contribution is 0.0501. The Morgan fingerprint density at radius 1 is 1.43 bits per heavy atom. The molecule has 1 saturated carbocycles. The lowest BCUT2D eigenvalue weighted by Gasteiger charge is -2.37. The zero-order valence-electron chi connectivity index (χ0n) is 16.5. The Morgan fingerprint density at radius 2 is 2.11 bits per heavy atom. The second kappa shape index (κ2) is 7.72. The van der Waals surface area contributed by atoms with Gasteiger partial charge in [-0.1, -0.05) is 17.7 Å². The van der Waals surface area contributed by atoms with Gasteiger partial charge in [-0.3, -0.25) is 9.36 Å². The van der Waals surface area contributed by atoms with Crippen molar-refractivity contribution < 1.29 is 14.6 Å². The average Bonchev–Trinajstić information content (AvgIpc) is 2.53. The smallest absolute Gasteiger partial charge is 0.408 e. The fourth-order valence-corrected chi connectivity index (χ4v) is 3.74. The number of halogens is 1. The Kier molecular flexibility index (Phi) is 5.68. The molecular formula is C20H26ClN3O4. The van der Waals surface area contributed by atoms with Crippen LogP contribution in [0.25, 0.3) is 10.9 Å². The number of carbonyl (C=O) groups is 1. The molecule has 1 heterocycles. The van der Waals surface area contributed by atoms with Crippen LogP contribution in [0.5, 0.6) is 0 Å². The second-order valence-corrected chi connectivity index (χ2v) is 8.73. The second-order valence-electron chi connectivity index (χ2n) is 8.32. The number of hydrogen-bond acceptors (Lipinski definition) is 5. The van der Waals surface area contributed by atoms with Crippen molar-refractivity contribution in [2.45, 2.75) is 58.2 Å². The molecule has 1 aliphatic rings. The summed E-state index contributed by atoms with van der Waals surface area (Å²) in [5.74, 6) is 0.618. The molecule has 0 spiro atoms. The summed E-state index contributed by atoms with van der Waals surface area (Å²) in [6.07, 6.45) is 0.786. The van der Waals surface area contributed by atoms with E-state index < -0.39 is 17.7 Å². The molecule has 1 amide bonds. The van der Waals surface area contributed by atoms with Crippen LogP contribution in [0.2, 0.25) is 5.02 Å². The first-order valence-corrected chi connectivity index (χ1v) is 9.79. The third kappa shape index (κ3) is 4.15. The van der Waals surface area contributed by atoms with Crippen molar-refractivity contribution in [3.8, 4) is 0 Å². The summed E-state index contributed by atoms with van der Waals surface area (Å²) in [5, 5.41) is 12.8. The molecular weight excluding hydrogens is 382 g/mol. The number of ether oxygens (including phenoxy) is 1. The van der Waals surface area contributed by atoms with Crippen molar-refractivity contribution in [3.63, 3.8) is 0 Å². The lowest BCUT2D eigenvalue weighted by atomic mass is 9.80. The molecule has 8 heteroatoms. The number of nitrogens with one attached hydrogen (secondary N) is 1. The number of aromatic nitrogens is 2. The van der Waals surface area contributed by atoms with Crippen LogP contribution in [-0.4, -0.2) is 33.0 Å². The van der Waals surface area contributed by atoms with E-state index in [-0.39, 0.29) is 24.1 Å². The number of fused-ring (bicyclic) bond motifs is 1. The summed E-state index contributed by atoms with van der Waals surface area (Å²) in [5.41, 5.74) is -0.375. The SMILES string of the molecule is C[C@H](NC(=O)OC(C)(C)C)c1nc2cccc(Cl)c2c(=O)n1C1CC(CO)C1. The van der Waals surface area contributed by atoms with Crippen LogP contribution in [-0.2, 0) is 4.74 Å². The molecule has 1 aromatic carbocycles. The highest BCUT2D eigenvalue weighted by Gasteiger charge is 2.34. The van der Waals surface area contributed by atoms with Gasteiger partial charge in [-0.05, 0) is 58.6 Å². The van der Waals surface area contributed by atoms with E-state index >= 15 is 0 Å². The van der Waals surface area contributed by atoms with Gasteiger partial charge in [0.2, 0.25) is 0 Å². The first kappa shape index (κ1) is 20.6. The maximum absolute atomic E-state index is 13.3. The molecule has 1 aliphatic carbocycles. The minimum atomic E-state index is -0.629. The molecule has 0 radical (unpaired) electrons. The zero-order chi connectivity index (χ0) is 20.6. The van der Waals surface area contributed by atoms with Crippen LogP contribution in [0.15, 0.2) is 23.0 Å². The summed E-state index contributed by atoms with van der Waals surface area (Å²) in [6.45, 7) is 7.21. The fraction of sp³-hybridized carbons (Fsp3) is 0.550. The quantitative estimate of drug-likeness (QED) is 0.807. The summed E-state index contributed by atoms with van der Waals surface area (Å²) in [7, 11) is 0. The summed E-state index contributed by atoms with van der Waals surface area (Å²) in [4.78, 5) is 30.1. The molecule has 0 bridgehead atoms. The molecule has 1 atom stereocenters. The molecule has 0 saturated heterocycles. The van der Waals surface area contributed by atoms with Crippen LogP contribution in [0.4, 0.5) is 4.79 Å². The van der Waals surface area contributed by atoms with Crippen LogP contribution in [0, 0.1) is 5.92 Å². The predicted octanol–water partition coefficient (Wildman–Crippen LogP) is 3.58. The van der Waals surface area contributed by atoms with E-state index in [1.165, 1.54) is 0 Å². The molecule has 7 nitrogen and oxygen atoms in total. The van der Waals surface area contributed by atoms with Crippen LogP contribution in [0.3, 0.4) is 0 Å². The minimum Gasteiger partial charge on any atom is -0.444 e. The van der Waals surface area contributed by atoms with E-state index in [0.717, 1.165) is 0 Å². The van der Waals surface area contributed by atoms with Gasteiger partial charge in [0.25, 0.3) is 5.56 Å². The van der Waals surface area contributed by atoms with Gasteiger partial charge < -0.3 is 15.2 Å². The van der Waals surface area contributed by atoms with E-state index in [9.17, 15) is 14.7 Å². The third-order valence-electron chi connectivity index (χ3n) is 4.86. The number of rotatable bonds is 4. The van der Waals surface area contributed by atoms with Crippen molar-refractivity contribution in [1.82, 2.24) is 14.9 Å². The fourth-order valence-electron chi connectivity index (χ4n) is 3.49. The maximum Gasteiger partial charge on any atom is 0.408 e. The predicted molar refractivity (Wildman–Crippen MR) is 108 cm³/mol. The molecule has 0 unspecified atom stereocenters. The Hall–Kier alpha value is -2.12. The number of aliphatic hydroxyl groups is 1. The highest BCUT2D eigenvalue weighted by atomic mass is 35.5. The zero-order valence-corrected chi connectivity index (χ0v) is 17.3. The molecule has 2 N–H and O–H groups in total. The van der Waals surface area contributed by atoms with E-state index in [2.05, 4.69) is 10.3 Å². The number of carbonyl (C=O) groups excluding carboxylic acids is 1. The monoisotopic (exact) mass is 407 g/mol. The van der Waals surface area contributed by atoms with Crippen molar-refractivity contribution >= 4 is 28.6 Å². The normalized spacial score (nSPS) is 20.5. The topological polar surface area (TPSA) is 93.5 Å². The van der Waals surface area contributed by atoms with Gasteiger partial charge in [-0.25, -0.2) is 9.78 Å². The van der Waals surface area contributed by atoms with E-state index in [4.69, 9.17) is 16.3 Å². The molecule has 152 valence electrons. The molecule has 1 aromatic heterocycles. The van der Waals surface area contributed by atoms with Gasteiger partial charge >= 0.3 is 6.09 Å². The average molecular weight is 408 g/mol. The van der Waals surface area contributed by atoms with Crippen molar-refractivity contribution in [1.29, 1.82) is 0 Å². The first-order chi connectivity index (χ1) is 13.1. The Balaban J connectivity index is 2.02. The van der Waals surface area contributed by atoms with E-state index in [1.54, 1.807) is 50.5 Å². The van der Waals surface area contributed by atoms with Crippen molar-refractivity contribution in [2.75, 3.05) is 6.61 Å². The van der Waals surface area contributed by atoms with E-state index in [0.29, 0.717) is 34.6 Å². The number of hydrogen-bond donors (Lipinski definition) is 2. The molecule has 3 rings (SSSR count). The molecule has 28 heavy (non-hydrogen) atoms. The number of alkyl carbamates (subject to hydrolysis) is 1. The summed E-state index contributed by atoms with van der Waals surface area (Å²) >= 11 is 6.26. The first-order valence-electron chi connectivity index (χ1n) is 9.41. The minimum absolute atomic E-state index is 0.0873. The largest absolute Gasteiger partial charge is 0.444 e. The van der Waals surface area contributed by atoms with Gasteiger partial charge in [-0.2, -0.15) is 0 Å². The Morgan fingerprint density at radius 3 is 2.71 bits per heavy atom. The van der Waals surface area contributed by atoms with E-state index in [1.807, 2.05) is 0 Å². The molecule has 0 aliphatic heterocycles. The van der Waals surface area contributed by atoms with Gasteiger partial charge in [0.1, 0.15) is 11.4 Å². The van der Waals surface area contributed by atoms with Gasteiger partial charge in [0.05, 0.1) is 22.0 Å². The number of nitrogens with zero attached hydrogens (tertiary/aromatic N) is 2. The summed E-state index contributed by atoms with van der Waals surface area (Å²) in [6, 6.07) is 4.50. The third-order valence-corrected chi connectivity index (χ3v) is 5.18. The summed E-state index contributed by atoms with van der Waals surface area (Å²) < 4.78 is 6.94. The Bertz CT molecular complexity index is 945. The van der Waals surface area contributed by atoms with Gasteiger partial charge in [0.15, 0.2) is 0 Å². The van der Waals surface area contributed by atoms with Gasteiger partial charge in [0, 0.05) is 12.6 Å².